The molecular weight excluding hydrogens is 779 g/mol. The van der Waals surface area contributed by atoms with E-state index in [0.717, 1.165) is 103 Å². The monoisotopic (exact) mass is 831 g/mol. The first-order valence-electron chi connectivity index (χ1n) is 21.3. The van der Waals surface area contributed by atoms with Crippen LogP contribution in [0.4, 0.5) is 5.69 Å². The minimum atomic E-state index is -0.988. The van der Waals surface area contributed by atoms with Crippen LogP contribution in [-0.4, -0.2) is 95.3 Å². The minimum Gasteiger partial charge on any atom is -0.496 e. The van der Waals surface area contributed by atoms with Crippen molar-refractivity contribution in [2.75, 3.05) is 45.7 Å². The van der Waals surface area contributed by atoms with E-state index in [1.165, 1.54) is 0 Å². The van der Waals surface area contributed by atoms with Gasteiger partial charge in [0.1, 0.15) is 17.5 Å². The number of anilines is 1. The number of pyridine rings is 2. The Kier molecular flexibility index (Phi) is 11.9. The molecule has 15 nitrogen and oxygen atoms in total. The number of benzene rings is 2. The topological polar surface area (TPSA) is 181 Å². The van der Waals surface area contributed by atoms with E-state index >= 15 is 0 Å². The van der Waals surface area contributed by atoms with Gasteiger partial charge in [-0.15, -0.1) is 0 Å². The Hall–Kier alpha value is -6.09. The predicted octanol–water partition coefficient (Wildman–Crippen LogP) is 4.80. The van der Waals surface area contributed by atoms with Crippen molar-refractivity contribution in [1.82, 2.24) is 30.0 Å². The fraction of sp³-hybridized carbons (Fsp3) is 0.457. The van der Waals surface area contributed by atoms with Gasteiger partial charge in [0.15, 0.2) is 0 Å². The second-order valence-electron chi connectivity index (χ2n) is 17.0. The largest absolute Gasteiger partial charge is 0.496 e. The summed E-state index contributed by atoms with van der Waals surface area (Å²) in [6.45, 7) is 3.84. The van der Waals surface area contributed by atoms with Crippen LogP contribution in [0.5, 0.6) is 11.5 Å². The molecule has 61 heavy (non-hydrogen) atoms. The molecule has 1 aliphatic carbocycles. The van der Waals surface area contributed by atoms with Crippen molar-refractivity contribution in [3.63, 3.8) is 0 Å². The average molecular weight is 832 g/mol. The summed E-state index contributed by atoms with van der Waals surface area (Å²) < 4.78 is 13.3. The Bertz CT molecular complexity index is 2420. The van der Waals surface area contributed by atoms with Gasteiger partial charge in [0.25, 0.3) is 17.4 Å². The number of fused-ring (bicyclic) bond motifs is 2. The number of unbranched alkanes of at least 4 members (excludes halogenated alkanes) is 5. The number of carbonyl (C=O) groups excluding carboxylic acids is 5. The van der Waals surface area contributed by atoms with Crippen molar-refractivity contribution in [1.29, 1.82) is 0 Å². The maximum absolute atomic E-state index is 13.3. The van der Waals surface area contributed by atoms with Crippen molar-refractivity contribution >= 4 is 46.0 Å². The first kappa shape index (κ1) is 41.6. The molecule has 15 heteroatoms. The Morgan fingerprint density at radius 1 is 0.885 bits per heavy atom. The zero-order valence-corrected chi connectivity index (χ0v) is 35.0. The third-order valence-corrected chi connectivity index (χ3v) is 12.8. The van der Waals surface area contributed by atoms with E-state index < -0.39 is 29.7 Å². The van der Waals surface area contributed by atoms with Gasteiger partial charge >= 0.3 is 0 Å². The van der Waals surface area contributed by atoms with Crippen molar-refractivity contribution < 1.29 is 33.4 Å². The third-order valence-electron chi connectivity index (χ3n) is 12.8. The van der Waals surface area contributed by atoms with Gasteiger partial charge in [-0.05, 0) is 78.8 Å². The summed E-state index contributed by atoms with van der Waals surface area (Å²) in [5.74, 6) is -0.382. The predicted molar refractivity (Wildman–Crippen MR) is 228 cm³/mol. The van der Waals surface area contributed by atoms with Crippen LogP contribution in [-0.2, 0) is 28.0 Å². The van der Waals surface area contributed by atoms with Crippen LogP contribution in [0.1, 0.15) is 90.5 Å². The molecular formula is C46H53N7O8. The number of carbonyl (C=O) groups is 5. The molecule has 4 aromatic rings. The van der Waals surface area contributed by atoms with E-state index in [1.807, 2.05) is 24.4 Å². The van der Waals surface area contributed by atoms with Gasteiger partial charge in [-0.2, -0.15) is 0 Å². The average Bonchev–Trinajstić information content (AvgIpc) is 3.48. The highest BCUT2D eigenvalue weighted by Gasteiger charge is 2.54. The van der Waals surface area contributed by atoms with Gasteiger partial charge < -0.3 is 24.7 Å². The summed E-state index contributed by atoms with van der Waals surface area (Å²) in [5, 5.41) is 10.1. The standard InChI is InChI=1S/C46H53N7O8/c1-51-24-33(30-15-18-47-23-32(30)43(51)57)28-19-37(60-2)34(38(20-28)61-3)25-52-26-46(27-52)21-29(22-46)41(55)49-17-9-7-5-4-6-8-16-48-35-12-10-11-31-40(35)45(59)53(44(31)58)36-13-14-39(54)50-42(36)56/h10-12,15,18-20,23-24,29,36,48H,4-9,13-14,16-17,21-22,25-27H2,1-3H3,(H,49,55)(H,50,54,56). The Morgan fingerprint density at radius 3 is 2.30 bits per heavy atom. The van der Waals surface area contributed by atoms with Gasteiger partial charge in [-0.3, -0.25) is 48.9 Å². The summed E-state index contributed by atoms with van der Waals surface area (Å²) >= 11 is 0. The minimum absolute atomic E-state index is 0.0598. The molecule has 3 fully saturated rings. The number of methoxy groups -OCH3 is 2. The van der Waals surface area contributed by atoms with Gasteiger partial charge in [0.2, 0.25) is 17.7 Å². The molecule has 0 bridgehead atoms. The second kappa shape index (κ2) is 17.5. The summed E-state index contributed by atoms with van der Waals surface area (Å²) in [6.07, 6.45) is 13.1. The van der Waals surface area contributed by atoms with Crippen LogP contribution in [0, 0.1) is 11.3 Å². The lowest BCUT2D eigenvalue weighted by Gasteiger charge is -2.58. The van der Waals surface area contributed by atoms with Gasteiger partial charge in [0, 0.05) is 82.0 Å². The summed E-state index contributed by atoms with van der Waals surface area (Å²) in [7, 11) is 5.06. The van der Waals surface area contributed by atoms with Crippen molar-refractivity contribution in [2.45, 2.75) is 76.8 Å². The number of likely N-dealkylation sites (tertiary alicyclic amines) is 1. The number of hydrogen-bond acceptors (Lipinski definition) is 11. The van der Waals surface area contributed by atoms with Crippen LogP contribution in [0.2, 0.25) is 0 Å². The van der Waals surface area contributed by atoms with Crippen LogP contribution in [0.3, 0.4) is 0 Å². The van der Waals surface area contributed by atoms with E-state index in [0.29, 0.717) is 30.7 Å². The van der Waals surface area contributed by atoms with E-state index in [1.54, 1.807) is 56.4 Å². The van der Waals surface area contributed by atoms with Gasteiger partial charge in [-0.1, -0.05) is 31.7 Å². The SMILES string of the molecule is COc1cc(-c2cn(C)c(=O)c3cnccc23)cc(OC)c1CN1CC2(CC(C(=O)NCCCCCCCCNc3cccc4c3C(=O)N(C3CCC(=O)NC3=O)C4=O)C2)C1. The Balaban J connectivity index is 0.718. The smallest absolute Gasteiger partial charge is 0.264 e. The third kappa shape index (κ3) is 8.22. The number of nitrogens with one attached hydrogen (secondary N) is 3. The molecule has 1 unspecified atom stereocenters. The second-order valence-corrected chi connectivity index (χ2v) is 17.0. The molecule has 1 saturated carbocycles. The number of rotatable bonds is 17. The molecule has 320 valence electrons. The first-order chi connectivity index (χ1) is 29.5. The molecule has 1 atom stereocenters. The lowest BCUT2D eigenvalue weighted by Crippen LogP contribution is -2.63. The van der Waals surface area contributed by atoms with Crippen molar-refractivity contribution in [3.8, 4) is 22.6 Å². The fourth-order valence-electron chi connectivity index (χ4n) is 9.70. The number of aromatic nitrogens is 2. The molecule has 1 spiro atoms. The molecule has 2 aromatic carbocycles. The van der Waals surface area contributed by atoms with Crippen molar-refractivity contribution in [2.24, 2.45) is 18.4 Å². The zero-order valence-electron chi connectivity index (χ0n) is 35.0. The zero-order chi connectivity index (χ0) is 42.8. The van der Waals surface area contributed by atoms with Crippen molar-refractivity contribution in [3.05, 3.63) is 82.0 Å². The highest BCUT2D eigenvalue weighted by Crippen LogP contribution is 2.53. The number of imide groups is 2. The molecule has 5 heterocycles. The number of hydrogen-bond donors (Lipinski definition) is 3. The number of piperidine rings is 1. The fourth-order valence-corrected chi connectivity index (χ4v) is 9.70. The Labute approximate surface area is 354 Å². The molecule has 0 radical (unpaired) electrons. The lowest BCUT2D eigenvalue weighted by atomic mass is 9.57. The molecule has 8 rings (SSSR count). The highest BCUT2D eigenvalue weighted by molar-refractivity contribution is 6.25. The van der Waals surface area contributed by atoms with Crippen LogP contribution in [0.15, 0.2) is 59.8 Å². The molecule has 2 saturated heterocycles. The summed E-state index contributed by atoms with van der Waals surface area (Å²) in [6, 6.07) is 9.97. The van der Waals surface area contributed by atoms with E-state index in [4.69, 9.17) is 9.47 Å². The van der Waals surface area contributed by atoms with Gasteiger partial charge in [0.05, 0.1) is 36.3 Å². The van der Waals surface area contributed by atoms with Crippen LogP contribution in [0.25, 0.3) is 21.9 Å². The number of ether oxygens (including phenoxy) is 2. The van der Waals surface area contributed by atoms with E-state index in [2.05, 4.69) is 25.8 Å². The molecule has 5 amide bonds. The van der Waals surface area contributed by atoms with E-state index in [9.17, 15) is 28.8 Å². The quantitative estimate of drug-likeness (QED) is 0.0983. The van der Waals surface area contributed by atoms with E-state index in [-0.39, 0.29) is 46.8 Å². The molecule has 4 aliphatic rings. The summed E-state index contributed by atoms with van der Waals surface area (Å²) in [5.41, 5.74) is 3.95. The van der Waals surface area contributed by atoms with Crippen LogP contribution >= 0.6 is 0 Å². The molecule has 3 N–H and O–H groups in total. The summed E-state index contributed by atoms with van der Waals surface area (Å²) in [4.78, 5) is 83.6. The lowest BCUT2D eigenvalue weighted by molar-refractivity contribution is -0.145. The Morgan fingerprint density at radius 2 is 1.59 bits per heavy atom. The number of nitrogens with zero attached hydrogens (tertiary/aromatic N) is 4. The number of amides is 5. The molecule has 2 aromatic heterocycles. The molecule has 3 aliphatic heterocycles. The van der Waals surface area contributed by atoms with Gasteiger partial charge in [-0.25, -0.2) is 0 Å². The maximum Gasteiger partial charge on any atom is 0.264 e. The first-order valence-corrected chi connectivity index (χ1v) is 21.3. The maximum atomic E-state index is 13.3. The van der Waals surface area contributed by atoms with Crippen LogP contribution < -0.4 is 31.0 Å². The number of aryl methyl sites for hydroxylation is 1. The normalized spacial score (nSPS) is 18.5. The highest BCUT2D eigenvalue weighted by atomic mass is 16.5.